The Kier molecular flexibility index (Phi) is 4.95. The van der Waals surface area contributed by atoms with Gasteiger partial charge in [-0.15, -0.1) is 5.10 Å². The van der Waals surface area contributed by atoms with Crippen LogP contribution in [-0.4, -0.2) is 21.6 Å². The van der Waals surface area contributed by atoms with E-state index >= 15 is 0 Å². The second kappa shape index (κ2) is 6.92. The number of hydrogen-bond acceptors (Lipinski definition) is 3. The average Bonchev–Trinajstić information content (AvgIpc) is 2.92. The number of rotatable bonds is 7. The molecule has 0 atom stereocenters. The third-order valence-electron chi connectivity index (χ3n) is 2.98. The standard InChI is InChI=1S/C15H21N3O/c1-3-11-19-15-9-6-13(7-10-15)5-8-14-12-18(4-2)17-16-14/h6-7,9-10,12H,3-5,8,11H2,1-2H3. The predicted octanol–water partition coefficient (Wildman–Crippen LogP) is 2.87. The minimum atomic E-state index is 0.777. The summed E-state index contributed by atoms with van der Waals surface area (Å²) in [6.45, 7) is 5.82. The molecule has 0 unspecified atom stereocenters. The molecule has 0 N–H and O–H groups in total. The summed E-state index contributed by atoms with van der Waals surface area (Å²) in [5.41, 5.74) is 2.35. The van der Waals surface area contributed by atoms with E-state index in [1.54, 1.807) is 0 Å². The molecule has 0 fully saturated rings. The largest absolute Gasteiger partial charge is 0.494 e. The highest BCUT2D eigenvalue weighted by Gasteiger charge is 2.01. The van der Waals surface area contributed by atoms with E-state index in [9.17, 15) is 0 Å². The van der Waals surface area contributed by atoms with Crippen molar-refractivity contribution in [3.63, 3.8) is 0 Å². The third kappa shape index (κ3) is 4.09. The Morgan fingerprint density at radius 3 is 2.53 bits per heavy atom. The summed E-state index contributed by atoms with van der Waals surface area (Å²) in [4.78, 5) is 0. The van der Waals surface area contributed by atoms with Crippen molar-refractivity contribution in [1.82, 2.24) is 15.0 Å². The van der Waals surface area contributed by atoms with Crippen LogP contribution in [0.2, 0.25) is 0 Å². The monoisotopic (exact) mass is 259 g/mol. The first kappa shape index (κ1) is 13.6. The van der Waals surface area contributed by atoms with E-state index in [0.717, 1.165) is 43.9 Å². The lowest BCUT2D eigenvalue weighted by molar-refractivity contribution is 0.317. The molecule has 4 nitrogen and oxygen atoms in total. The molecule has 0 bridgehead atoms. The quantitative estimate of drug-likeness (QED) is 0.767. The topological polar surface area (TPSA) is 39.9 Å². The van der Waals surface area contributed by atoms with Crippen molar-refractivity contribution in [3.8, 4) is 5.75 Å². The number of ether oxygens (including phenoxy) is 1. The Balaban J connectivity index is 1.85. The van der Waals surface area contributed by atoms with E-state index in [4.69, 9.17) is 4.74 Å². The molecule has 19 heavy (non-hydrogen) atoms. The van der Waals surface area contributed by atoms with Gasteiger partial charge >= 0.3 is 0 Å². The Labute approximate surface area is 114 Å². The minimum Gasteiger partial charge on any atom is -0.494 e. The number of aromatic nitrogens is 3. The van der Waals surface area contributed by atoms with Gasteiger partial charge in [0, 0.05) is 12.7 Å². The highest BCUT2D eigenvalue weighted by atomic mass is 16.5. The lowest BCUT2D eigenvalue weighted by atomic mass is 10.1. The molecular formula is C15H21N3O. The molecule has 1 heterocycles. The zero-order valence-corrected chi connectivity index (χ0v) is 11.7. The fraction of sp³-hybridized carbons (Fsp3) is 0.467. The van der Waals surface area contributed by atoms with Crippen molar-refractivity contribution < 1.29 is 4.74 Å². The van der Waals surface area contributed by atoms with Crippen LogP contribution in [0.1, 0.15) is 31.5 Å². The summed E-state index contributed by atoms with van der Waals surface area (Å²) in [6.07, 6.45) is 4.96. The maximum absolute atomic E-state index is 5.57. The van der Waals surface area contributed by atoms with Gasteiger partial charge in [-0.25, -0.2) is 0 Å². The van der Waals surface area contributed by atoms with Crippen LogP contribution in [-0.2, 0) is 19.4 Å². The van der Waals surface area contributed by atoms with Crippen LogP contribution >= 0.6 is 0 Å². The van der Waals surface area contributed by atoms with Crippen LogP contribution in [0.5, 0.6) is 5.75 Å². The second-order valence-corrected chi connectivity index (χ2v) is 4.56. The molecule has 4 heteroatoms. The van der Waals surface area contributed by atoms with Gasteiger partial charge in [0.15, 0.2) is 0 Å². The summed E-state index contributed by atoms with van der Waals surface area (Å²) >= 11 is 0. The maximum atomic E-state index is 5.57. The molecule has 0 aliphatic carbocycles. The van der Waals surface area contributed by atoms with Gasteiger partial charge in [-0.05, 0) is 43.9 Å². The summed E-state index contributed by atoms with van der Waals surface area (Å²) in [5, 5.41) is 8.19. The molecule has 0 saturated heterocycles. The van der Waals surface area contributed by atoms with Gasteiger partial charge in [0.05, 0.1) is 12.3 Å². The van der Waals surface area contributed by atoms with Crippen LogP contribution < -0.4 is 4.74 Å². The predicted molar refractivity (Wildman–Crippen MR) is 75.3 cm³/mol. The van der Waals surface area contributed by atoms with Crippen molar-refractivity contribution in [2.24, 2.45) is 0 Å². The third-order valence-corrected chi connectivity index (χ3v) is 2.98. The summed E-state index contributed by atoms with van der Waals surface area (Å²) in [6, 6.07) is 8.31. The number of nitrogens with zero attached hydrogens (tertiary/aromatic N) is 3. The number of benzene rings is 1. The van der Waals surface area contributed by atoms with Gasteiger partial charge in [0.1, 0.15) is 5.75 Å². The van der Waals surface area contributed by atoms with E-state index in [2.05, 4.69) is 36.3 Å². The van der Waals surface area contributed by atoms with Crippen molar-refractivity contribution in [1.29, 1.82) is 0 Å². The van der Waals surface area contributed by atoms with Gasteiger partial charge in [0.25, 0.3) is 0 Å². The van der Waals surface area contributed by atoms with Crippen molar-refractivity contribution in [3.05, 3.63) is 41.7 Å². The molecule has 102 valence electrons. The first-order valence-corrected chi connectivity index (χ1v) is 6.92. The van der Waals surface area contributed by atoms with E-state index in [1.807, 2.05) is 23.0 Å². The van der Waals surface area contributed by atoms with Crippen LogP contribution in [0.3, 0.4) is 0 Å². The first-order valence-electron chi connectivity index (χ1n) is 6.92. The van der Waals surface area contributed by atoms with Gasteiger partial charge in [-0.1, -0.05) is 24.3 Å². The average molecular weight is 259 g/mol. The molecule has 1 aromatic carbocycles. The zero-order valence-electron chi connectivity index (χ0n) is 11.7. The second-order valence-electron chi connectivity index (χ2n) is 4.56. The Morgan fingerprint density at radius 1 is 1.11 bits per heavy atom. The Morgan fingerprint density at radius 2 is 1.89 bits per heavy atom. The Hall–Kier alpha value is -1.84. The molecule has 0 aliphatic heterocycles. The number of hydrogen-bond donors (Lipinski definition) is 0. The normalized spacial score (nSPS) is 10.6. The smallest absolute Gasteiger partial charge is 0.119 e. The lowest BCUT2D eigenvalue weighted by Gasteiger charge is -2.05. The SMILES string of the molecule is CCCOc1ccc(CCc2cn(CC)nn2)cc1. The fourth-order valence-corrected chi connectivity index (χ4v) is 1.85. The molecule has 0 radical (unpaired) electrons. The molecule has 2 rings (SSSR count). The summed E-state index contributed by atoms with van der Waals surface area (Å²) in [7, 11) is 0. The molecular weight excluding hydrogens is 238 g/mol. The van der Waals surface area contributed by atoms with Gasteiger partial charge in [-0.2, -0.15) is 0 Å². The first-order chi connectivity index (χ1) is 9.31. The van der Waals surface area contributed by atoms with Crippen molar-refractivity contribution in [2.75, 3.05) is 6.61 Å². The zero-order chi connectivity index (χ0) is 13.5. The summed E-state index contributed by atoms with van der Waals surface area (Å²) < 4.78 is 7.42. The lowest BCUT2D eigenvalue weighted by Crippen LogP contribution is -1.96. The van der Waals surface area contributed by atoms with Crippen LogP contribution in [0.25, 0.3) is 0 Å². The molecule has 0 saturated carbocycles. The van der Waals surface area contributed by atoms with E-state index in [1.165, 1.54) is 5.56 Å². The molecule has 1 aromatic heterocycles. The van der Waals surface area contributed by atoms with E-state index in [-0.39, 0.29) is 0 Å². The van der Waals surface area contributed by atoms with Crippen molar-refractivity contribution in [2.45, 2.75) is 39.7 Å². The fourth-order valence-electron chi connectivity index (χ4n) is 1.85. The van der Waals surface area contributed by atoms with Crippen molar-refractivity contribution >= 4 is 0 Å². The summed E-state index contributed by atoms with van der Waals surface area (Å²) in [5.74, 6) is 0.947. The molecule has 0 spiro atoms. The Bertz CT molecular complexity index is 490. The van der Waals surface area contributed by atoms with Gasteiger partial charge in [-0.3, -0.25) is 4.68 Å². The van der Waals surface area contributed by atoms with Crippen LogP contribution in [0.4, 0.5) is 0 Å². The molecule has 0 aliphatic rings. The van der Waals surface area contributed by atoms with Crippen LogP contribution in [0, 0.1) is 0 Å². The maximum Gasteiger partial charge on any atom is 0.119 e. The highest BCUT2D eigenvalue weighted by molar-refractivity contribution is 5.27. The van der Waals surface area contributed by atoms with Gasteiger partial charge in [0.2, 0.25) is 0 Å². The minimum absolute atomic E-state index is 0.777. The molecule has 2 aromatic rings. The highest BCUT2D eigenvalue weighted by Crippen LogP contribution is 2.13. The van der Waals surface area contributed by atoms with E-state index in [0.29, 0.717) is 0 Å². The van der Waals surface area contributed by atoms with Crippen LogP contribution in [0.15, 0.2) is 30.5 Å². The molecule has 0 amide bonds. The number of aryl methyl sites for hydroxylation is 3. The van der Waals surface area contributed by atoms with Gasteiger partial charge < -0.3 is 4.74 Å². The van der Waals surface area contributed by atoms with E-state index < -0.39 is 0 Å².